The van der Waals surface area contributed by atoms with E-state index in [1.54, 1.807) is 19.2 Å². The molecule has 1 N–H and O–H groups in total. The van der Waals surface area contributed by atoms with Crippen LogP contribution >= 0.6 is 0 Å². The maximum Gasteiger partial charge on any atom is 0.168 e. The van der Waals surface area contributed by atoms with E-state index in [2.05, 4.69) is 0 Å². The number of hydrogen-bond acceptors (Lipinski definition) is 8. The molecule has 0 aliphatic rings. The Morgan fingerprint density at radius 1 is 0.806 bits per heavy atom. The molecule has 0 saturated carbocycles. The molecule has 170 valence electrons. The summed E-state index contributed by atoms with van der Waals surface area (Å²) in [6.45, 7) is 3.86. The summed E-state index contributed by atoms with van der Waals surface area (Å²) in [5, 5.41) is 10.0. The summed E-state index contributed by atoms with van der Waals surface area (Å²) in [5.41, 5.74) is 1.63. The number of aldehydes is 1. The molecule has 0 radical (unpaired) electrons. The normalized spacial score (nSPS) is 10.8. The number of ether oxygens (including phenoxy) is 6. The molecule has 0 spiro atoms. The van der Waals surface area contributed by atoms with Crippen molar-refractivity contribution in [2.45, 2.75) is 0 Å². The predicted molar refractivity (Wildman–Crippen MR) is 115 cm³/mol. The van der Waals surface area contributed by atoms with Crippen LogP contribution in [-0.4, -0.2) is 78.5 Å². The molecule has 0 heterocycles. The van der Waals surface area contributed by atoms with Crippen molar-refractivity contribution in [3.05, 3.63) is 42.0 Å². The highest BCUT2D eigenvalue weighted by Crippen LogP contribution is 2.37. The lowest BCUT2D eigenvalue weighted by Crippen LogP contribution is -2.13. The molecule has 0 aliphatic carbocycles. The Balaban J connectivity index is 1.78. The topological polar surface area (TPSA) is 92.7 Å². The summed E-state index contributed by atoms with van der Waals surface area (Å²) in [5.74, 6) is 0.679. The highest BCUT2D eigenvalue weighted by molar-refractivity contribution is 5.86. The second-order valence-corrected chi connectivity index (χ2v) is 6.41. The molecule has 2 aromatic carbocycles. The van der Waals surface area contributed by atoms with Crippen molar-refractivity contribution < 1.29 is 38.3 Å². The van der Waals surface area contributed by atoms with Crippen LogP contribution in [0.2, 0.25) is 0 Å². The summed E-state index contributed by atoms with van der Waals surface area (Å²) in [6, 6.07) is 10.7. The maximum atomic E-state index is 11.3. The Hall–Kier alpha value is -2.65. The van der Waals surface area contributed by atoms with Crippen LogP contribution in [0.15, 0.2) is 36.4 Å². The molecule has 0 amide bonds. The molecule has 0 bridgehead atoms. The number of aromatic hydroxyl groups is 1. The first-order valence-corrected chi connectivity index (χ1v) is 10.0. The summed E-state index contributed by atoms with van der Waals surface area (Å²) < 4.78 is 32.2. The van der Waals surface area contributed by atoms with Gasteiger partial charge in [0.2, 0.25) is 0 Å². The van der Waals surface area contributed by atoms with Gasteiger partial charge in [-0.25, -0.2) is 0 Å². The summed E-state index contributed by atoms with van der Waals surface area (Å²) in [4.78, 5) is 11.3. The number of para-hydroxylation sites is 1. The molecule has 0 unspecified atom stereocenters. The number of phenolic OH excluding ortho intramolecular Hbond substituents is 1. The zero-order chi connectivity index (χ0) is 22.3. The fourth-order valence-corrected chi connectivity index (χ4v) is 2.76. The molecule has 0 fully saturated rings. The van der Waals surface area contributed by atoms with E-state index < -0.39 is 0 Å². The van der Waals surface area contributed by atoms with Gasteiger partial charge in [-0.3, -0.25) is 4.79 Å². The Labute approximate surface area is 182 Å². The number of benzene rings is 2. The van der Waals surface area contributed by atoms with Gasteiger partial charge in [0.25, 0.3) is 0 Å². The van der Waals surface area contributed by atoms with Crippen LogP contribution in [-0.2, 0) is 18.9 Å². The lowest BCUT2D eigenvalue weighted by Gasteiger charge is -2.14. The SMILES string of the molecule is COCCOCCOCCOCCOc1ccccc1-c1cc(C=O)c(O)c(OC)c1. The van der Waals surface area contributed by atoms with Crippen LogP contribution in [0.25, 0.3) is 11.1 Å². The summed E-state index contributed by atoms with van der Waals surface area (Å²) in [6.07, 6.45) is 0.590. The first-order chi connectivity index (χ1) is 15.2. The fraction of sp³-hybridized carbons (Fsp3) is 0.435. The summed E-state index contributed by atoms with van der Waals surface area (Å²) in [7, 11) is 3.07. The predicted octanol–water partition coefficient (Wildman–Crippen LogP) is 2.96. The van der Waals surface area contributed by atoms with Gasteiger partial charge in [0.15, 0.2) is 17.8 Å². The average Bonchev–Trinajstić information content (AvgIpc) is 2.80. The number of carbonyl (C=O) groups is 1. The van der Waals surface area contributed by atoms with E-state index in [-0.39, 0.29) is 17.1 Å². The van der Waals surface area contributed by atoms with Crippen LogP contribution in [0, 0.1) is 0 Å². The van der Waals surface area contributed by atoms with Gasteiger partial charge in [0, 0.05) is 12.7 Å². The van der Waals surface area contributed by atoms with Crippen molar-refractivity contribution in [2.24, 2.45) is 0 Å². The van der Waals surface area contributed by atoms with Gasteiger partial charge in [-0.1, -0.05) is 18.2 Å². The number of methoxy groups -OCH3 is 2. The third-order valence-corrected chi connectivity index (χ3v) is 4.31. The minimum Gasteiger partial charge on any atom is -0.504 e. The van der Waals surface area contributed by atoms with Gasteiger partial charge >= 0.3 is 0 Å². The quantitative estimate of drug-likeness (QED) is 0.318. The van der Waals surface area contributed by atoms with Gasteiger partial charge in [-0.2, -0.15) is 0 Å². The van der Waals surface area contributed by atoms with Gasteiger partial charge < -0.3 is 33.5 Å². The number of phenols is 1. The largest absolute Gasteiger partial charge is 0.504 e. The zero-order valence-corrected chi connectivity index (χ0v) is 18.0. The van der Waals surface area contributed by atoms with Gasteiger partial charge in [-0.15, -0.1) is 0 Å². The Kier molecular flexibility index (Phi) is 11.4. The third kappa shape index (κ3) is 8.18. The fourth-order valence-electron chi connectivity index (χ4n) is 2.76. The second-order valence-electron chi connectivity index (χ2n) is 6.41. The van der Waals surface area contributed by atoms with Gasteiger partial charge in [-0.05, 0) is 23.8 Å². The molecule has 31 heavy (non-hydrogen) atoms. The zero-order valence-electron chi connectivity index (χ0n) is 18.0. The van der Waals surface area contributed by atoms with E-state index >= 15 is 0 Å². The van der Waals surface area contributed by atoms with Crippen LogP contribution in [0.4, 0.5) is 0 Å². The first kappa shape index (κ1) is 24.6. The van der Waals surface area contributed by atoms with Crippen molar-refractivity contribution in [1.29, 1.82) is 0 Å². The van der Waals surface area contributed by atoms with Crippen LogP contribution in [0.5, 0.6) is 17.2 Å². The van der Waals surface area contributed by atoms with Crippen LogP contribution in [0.3, 0.4) is 0 Å². The molecule has 0 saturated heterocycles. The van der Waals surface area contributed by atoms with E-state index in [0.29, 0.717) is 70.5 Å². The van der Waals surface area contributed by atoms with E-state index in [1.165, 1.54) is 7.11 Å². The summed E-state index contributed by atoms with van der Waals surface area (Å²) >= 11 is 0. The van der Waals surface area contributed by atoms with Crippen molar-refractivity contribution in [3.8, 4) is 28.4 Å². The molecule has 0 atom stereocenters. The first-order valence-electron chi connectivity index (χ1n) is 10.0. The van der Waals surface area contributed by atoms with Gasteiger partial charge in [0.1, 0.15) is 12.4 Å². The molecule has 0 aliphatic heterocycles. The third-order valence-electron chi connectivity index (χ3n) is 4.31. The number of carbonyl (C=O) groups excluding carboxylic acids is 1. The lowest BCUT2D eigenvalue weighted by atomic mass is 10.0. The van der Waals surface area contributed by atoms with Crippen LogP contribution < -0.4 is 9.47 Å². The standard InChI is InChI=1S/C23H30O8/c1-26-7-8-28-9-10-29-11-12-30-13-14-31-21-6-4-3-5-20(21)18-15-19(17-24)23(25)22(16-18)27-2/h3-6,15-17,25H,7-14H2,1-2H3. The molecule has 2 rings (SSSR count). The van der Waals surface area contributed by atoms with E-state index in [4.69, 9.17) is 28.4 Å². The lowest BCUT2D eigenvalue weighted by molar-refractivity contribution is 0.000184. The minimum absolute atomic E-state index is 0.150. The highest BCUT2D eigenvalue weighted by Gasteiger charge is 2.14. The number of rotatable bonds is 16. The Morgan fingerprint density at radius 2 is 1.42 bits per heavy atom. The molecule has 0 aromatic heterocycles. The Morgan fingerprint density at radius 3 is 2.03 bits per heavy atom. The smallest absolute Gasteiger partial charge is 0.168 e. The monoisotopic (exact) mass is 434 g/mol. The van der Waals surface area contributed by atoms with Crippen molar-refractivity contribution in [2.75, 3.05) is 67.1 Å². The van der Waals surface area contributed by atoms with E-state index in [0.717, 1.165) is 5.56 Å². The second kappa shape index (κ2) is 14.4. The number of hydrogen-bond donors (Lipinski definition) is 1. The molecular formula is C23H30O8. The highest BCUT2D eigenvalue weighted by atomic mass is 16.6. The average molecular weight is 434 g/mol. The molecular weight excluding hydrogens is 404 g/mol. The molecule has 8 nitrogen and oxygen atoms in total. The van der Waals surface area contributed by atoms with E-state index in [9.17, 15) is 9.90 Å². The Bertz CT molecular complexity index is 793. The molecule has 8 heteroatoms. The van der Waals surface area contributed by atoms with Crippen LogP contribution in [0.1, 0.15) is 10.4 Å². The van der Waals surface area contributed by atoms with Crippen molar-refractivity contribution in [3.63, 3.8) is 0 Å². The molecule has 2 aromatic rings. The van der Waals surface area contributed by atoms with Crippen molar-refractivity contribution >= 4 is 6.29 Å². The minimum atomic E-state index is -0.184. The van der Waals surface area contributed by atoms with E-state index in [1.807, 2.05) is 24.3 Å². The van der Waals surface area contributed by atoms with Gasteiger partial charge in [0.05, 0.1) is 58.9 Å². The maximum absolute atomic E-state index is 11.3. The van der Waals surface area contributed by atoms with Crippen molar-refractivity contribution in [1.82, 2.24) is 0 Å².